The van der Waals surface area contributed by atoms with Gasteiger partial charge in [-0.2, -0.15) is 0 Å². The van der Waals surface area contributed by atoms with E-state index in [4.69, 9.17) is 4.74 Å². The highest BCUT2D eigenvalue weighted by molar-refractivity contribution is 8.18. The number of aryl methyl sites for hydroxylation is 1. The van der Waals surface area contributed by atoms with Crippen molar-refractivity contribution in [1.82, 2.24) is 14.5 Å². The zero-order chi connectivity index (χ0) is 20.4. The van der Waals surface area contributed by atoms with Crippen LogP contribution in [0.3, 0.4) is 0 Å². The first-order valence-electron chi connectivity index (χ1n) is 8.83. The van der Waals surface area contributed by atoms with E-state index in [1.54, 1.807) is 26.1 Å². The van der Waals surface area contributed by atoms with E-state index in [1.165, 1.54) is 0 Å². The second kappa shape index (κ2) is 8.02. The van der Waals surface area contributed by atoms with Gasteiger partial charge in [-0.15, -0.1) is 0 Å². The number of ether oxygens (including phenoxy) is 1. The Labute approximate surface area is 167 Å². The lowest BCUT2D eigenvalue weighted by Gasteiger charge is -2.13. The monoisotopic (exact) mass is 399 g/mol. The standard InChI is InChI=1S/C20H21N3O4S/c1-12(2)27-18(24)11-22-19(25)16(28-20(22)26)10-15-9-13(3)23(14(15)4)17-7-5-6-8-21-17/h5-10,12H,11H2,1-4H3/b16-10+. The summed E-state index contributed by atoms with van der Waals surface area (Å²) in [6.45, 7) is 6.92. The summed E-state index contributed by atoms with van der Waals surface area (Å²) >= 11 is 0.823. The maximum atomic E-state index is 12.6. The van der Waals surface area contributed by atoms with Crippen molar-refractivity contribution in [3.63, 3.8) is 0 Å². The van der Waals surface area contributed by atoms with Crippen LogP contribution < -0.4 is 0 Å². The van der Waals surface area contributed by atoms with Crippen molar-refractivity contribution in [2.24, 2.45) is 0 Å². The van der Waals surface area contributed by atoms with Gasteiger partial charge in [0.2, 0.25) is 0 Å². The topological polar surface area (TPSA) is 81.5 Å². The van der Waals surface area contributed by atoms with E-state index in [0.29, 0.717) is 0 Å². The summed E-state index contributed by atoms with van der Waals surface area (Å²) < 4.78 is 7.01. The van der Waals surface area contributed by atoms with E-state index >= 15 is 0 Å². The van der Waals surface area contributed by atoms with Crippen molar-refractivity contribution >= 4 is 35.0 Å². The average molecular weight is 399 g/mol. The van der Waals surface area contributed by atoms with Crippen LogP contribution in [0.2, 0.25) is 0 Å². The second-order valence-corrected chi connectivity index (χ2v) is 7.65. The van der Waals surface area contributed by atoms with Crippen LogP contribution in [0.15, 0.2) is 35.4 Å². The summed E-state index contributed by atoms with van der Waals surface area (Å²) in [7, 11) is 0. The Morgan fingerprint density at radius 3 is 2.68 bits per heavy atom. The number of imide groups is 1. The van der Waals surface area contributed by atoms with Gasteiger partial charge in [-0.1, -0.05) is 6.07 Å². The highest BCUT2D eigenvalue weighted by Gasteiger charge is 2.37. The molecule has 2 amide bonds. The molecule has 0 bridgehead atoms. The maximum Gasteiger partial charge on any atom is 0.326 e. The number of rotatable bonds is 5. The van der Waals surface area contributed by atoms with Crippen molar-refractivity contribution in [2.75, 3.05) is 6.54 Å². The molecule has 2 aromatic rings. The zero-order valence-electron chi connectivity index (χ0n) is 16.1. The van der Waals surface area contributed by atoms with Gasteiger partial charge in [-0.3, -0.25) is 19.3 Å². The van der Waals surface area contributed by atoms with Gasteiger partial charge >= 0.3 is 5.97 Å². The Balaban J connectivity index is 1.86. The molecule has 0 aromatic carbocycles. The first kappa shape index (κ1) is 19.9. The van der Waals surface area contributed by atoms with Gasteiger partial charge in [0.25, 0.3) is 11.1 Å². The largest absolute Gasteiger partial charge is 0.462 e. The fourth-order valence-corrected chi connectivity index (χ4v) is 3.81. The van der Waals surface area contributed by atoms with Gasteiger partial charge in [0.1, 0.15) is 12.4 Å². The fourth-order valence-electron chi connectivity index (χ4n) is 2.98. The lowest BCUT2D eigenvalue weighted by Crippen LogP contribution is -2.35. The van der Waals surface area contributed by atoms with Crippen LogP contribution in [0, 0.1) is 13.8 Å². The number of nitrogens with zero attached hydrogens (tertiary/aromatic N) is 3. The molecule has 146 valence electrons. The van der Waals surface area contributed by atoms with Crippen LogP contribution in [0.5, 0.6) is 0 Å². The molecular formula is C20H21N3O4S. The summed E-state index contributed by atoms with van der Waals surface area (Å²) in [6, 6.07) is 7.59. The fraction of sp³-hybridized carbons (Fsp3) is 0.300. The predicted molar refractivity (Wildman–Crippen MR) is 107 cm³/mol. The van der Waals surface area contributed by atoms with E-state index in [2.05, 4.69) is 4.98 Å². The van der Waals surface area contributed by atoms with Crippen molar-refractivity contribution in [2.45, 2.75) is 33.8 Å². The minimum atomic E-state index is -0.605. The van der Waals surface area contributed by atoms with Crippen molar-refractivity contribution < 1.29 is 19.1 Å². The summed E-state index contributed by atoms with van der Waals surface area (Å²) in [5.74, 6) is -0.313. The number of hydrogen-bond donors (Lipinski definition) is 0. The number of thioether (sulfide) groups is 1. The van der Waals surface area contributed by atoms with Gasteiger partial charge in [0, 0.05) is 17.6 Å². The van der Waals surface area contributed by atoms with Crippen LogP contribution in [0.25, 0.3) is 11.9 Å². The Morgan fingerprint density at radius 2 is 2.04 bits per heavy atom. The number of carbonyl (C=O) groups excluding carboxylic acids is 3. The van der Waals surface area contributed by atoms with Crippen molar-refractivity contribution in [3.05, 3.63) is 52.3 Å². The molecule has 0 atom stereocenters. The normalized spacial score (nSPS) is 15.8. The Hall–Kier alpha value is -2.87. The molecule has 28 heavy (non-hydrogen) atoms. The molecule has 1 saturated heterocycles. The average Bonchev–Trinajstić information content (AvgIpc) is 3.05. The summed E-state index contributed by atoms with van der Waals surface area (Å²) in [5.41, 5.74) is 2.68. The van der Waals surface area contributed by atoms with Gasteiger partial charge in [-0.25, -0.2) is 4.98 Å². The lowest BCUT2D eigenvalue weighted by atomic mass is 10.2. The van der Waals surface area contributed by atoms with Crippen molar-refractivity contribution in [3.8, 4) is 5.82 Å². The Kier molecular flexibility index (Phi) is 5.69. The smallest absolute Gasteiger partial charge is 0.326 e. The quantitative estimate of drug-likeness (QED) is 0.566. The van der Waals surface area contributed by atoms with Crippen LogP contribution in [0.1, 0.15) is 30.8 Å². The van der Waals surface area contributed by atoms with E-state index in [0.717, 1.165) is 39.4 Å². The van der Waals surface area contributed by atoms with E-state index in [9.17, 15) is 14.4 Å². The van der Waals surface area contributed by atoms with Crippen LogP contribution in [-0.4, -0.2) is 44.2 Å². The van der Waals surface area contributed by atoms with Crippen LogP contribution in [0.4, 0.5) is 4.79 Å². The van der Waals surface area contributed by atoms with Gasteiger partial charge in [-0.05, 0) is 69.3 Å². The molecule has 1 aliphatic rings. The molecule has 0 aliphatic carbocycles. The maximum absolute atomic E-state index is 12.6. The summed E-state index contributed by atoms with van der Waals surface area (Å²) in [6.07, 6.45) is 3.09. The SMILES string of the molecule is Cc1cc(/C=C2/SC(=O)N(CC(=O)OC(C)C)C2=O)c(C)n1-c1ccccn1. The molecule has 7 nitrogen and oxygen atoms in total. The van der Waals surface area contributed by atoms with E-state index < -0.39 is 17.1 Å². The number of carbonyl (C=O) groups is 3. The molecule has 0 radical (unpaired) electrons. The molecule has 8 heteroatoms. The third-order valence-corrected chi connectivity index (χ3v) is 5.07. The number of esters is 1. The first-order chi connectivity index (χ1) is 13.3. The molecule has 0 unspecified atom stereocenters. The Bertz CT molecular complexity index is 963. The van der Waals surface area contributed by atoms with Gasteiger partial charge in [0.15, 0.2) is 0 Å². The molecule has 1 aliphatic heterocycles. The molecule has 3 heterocycles. The predicted octanol–water partition coefficient (Wildman–Crippen LogP) is 3.48. The number of pyridine rings is 1. The van der Waals surface area contributed by atoms with Gasteiger partial charge in [0.05, 0.1) is 11.0 Å². The van der Waals surface area contributed by atoms with E-state index in [-0.39, 0.29) is 17.6 Å². The molecule has 2 aromatic heterocycles. The zero-order valence-corrected chi connectivity index (χ0v) is 16.9. The summed E-state index contributed by atoms with van der Waals surface area (Å²) in [5, 5.41) is -0.476. The molecule has 0 spiro atoms. The summed E-state index contributed by atoms with van der Waals surface area (Å²) in [4.78, 5) is 42.2. The molecule has 1 fully saturated rings. The van der Waals surface area contributed by atoms with Crippen LogP contribution >= 0.6 is 11.8 Å². The minimum Gasteiger partial charge on any atom is -0.462 e. The van der Waals surface area contributed by atoms with Gasteiger partial charge < -0.3 is 9.30 Å². The molecule has 0 saturated carbocycles. The Morgan fingerprint density at radius 1 is 1.29 bits per heavy atom. The second-order valence-electron chi connectivity index (χ2n) is 6.66. The molecular weight excluding hydrogens is 378 g/mol. The molecule has 0 N–H and O–H groups in total. The third kappa shape index (κ3) is 4.01. The number of aromatic nitrogens is 2. The third-order valence-electron chi connectivity index (χ3n) is 4.16. The molecule has 3 rings (SSSR count). The van der Waals surface area contributed by atoms with E-state index in [1.807, 2.05) is 42.7 Å². The number of amides is 2. The highest BCUT2D eigenvalue weighted by atomic mass is 32.2. The lowest BCUT2D eigenvalue weighted by molar-refractivity contribution is -0.149. The first-order valence-corrected chi connectivity index (χ1v) is 9.64. The van der Waals surface area contributed by atoms with Crippen LogP contribution in [-0.2, 0) is 14.3 Å². The highest BCUT2D eigenvalue weighted by Crippen LogP contribution is 2.33. The van der Waals surface area contributed by atoms with Crippen molar-refractivity contribution in [1.29, 1.82) is 0 Å². The minimum absolute atomic E-state index is 0.281. The number of hydrogen-bond acceptors (Lipinski definition) is 6.